The highest BCUT2D eigenvalue weighted by atomic mass is 16.4. The summed E-state index contributed by atoms with van der Waals surface area (Å²) < 4.78 is 0. The molecule has 2 atom stereocenters. The number of hydrogen-bond acceptors (Lipinski definition) is 4. The van der Waals surface area contributed by atoms with Gasteiger partial charge in [-0.2, -0.15) is 0 Å². The van der Waals surface area contributed by atoms with E-state index in [1.54, 1.807) is 12.4 Å². The maximum atomic E-state index is 12.6. The fraction of sp³-hybridized carbons (Fsp3) is 0.611. The molecule has 2 aliphatic rings. The second kappa shape index (κ2) is 6.89. The van der Waals surface area contributed by atoms with Gasteiger partial charge in [-0.3, -0.25) is 14.6 Å². The molecule has 0 radical (unpaired) electrons. The van der Waals surface area contributed by atoms with Gasteiger partial charge in [-0.25, -0.2) is 0 Å². The van der Waals surface area contributed by atoms with Gasteiger partial charge in [0.05, 0.1) is 5.41 Å². The van der Waals surface area contributed by atoms with Crippen LogP contribution in [-0.2, 0) is 16.0 Å². The van der Waals surface area contributed by atoms with Crippen LogP contribution in [0.2, 0.25) is 0 Å². The van der Waals surface area contributed by atoms with Gasteiger partial charge in [0.1, 0.15) is 0 Å². The van der Waals surface area contributed by atoms with E-state index in [9.17, 15) is 14.7 Å². The molecule has 0 unspecified atom stereocenters. The molecule has 0 bridgehead atoms. The van der Waals surface area contributed by atoms with Crippen LogP contribution in [0.5, 0.6) is 0 Å². The molecular weight excluding hydrogens is 306 g/mol. The molecule has 1 aromatic heterocycles. The average Bonchev–Trinajstić information content (AvgIpc) is 2.60. The van der Waals surface area contributed by atoms with Crippen LogP contribution in [0.25, 0.3) is 0 Å². The van der Waals surface area contributed by atoms with Crippen molar-refractivity contribution in [3.63, 3.8) is 0 Å². The van der Waals surface area contributed by atoms with Crippen LogP contribution < -0.4 is 0 Å². The summed E-state index contributed by atoms with van der Waals surface area (Å²) in [6.45, 7) is 1.97. The molecule has 0 aliphatic carbocycles. The largest absolute Gasteiger partial charge is 0.481 e. The quantitative estimate of drug-likeness (QED) is 0.903. The minimum atomic E-state index is -0.706. The van der Waals surface area contributed by atoms with E-state index in [0.717, 1.165) is 24.9 Å². The van der Waals surface area contributed by atoms with E-state index in [1.165, 1.54) is 0 Å². The minimum Gasteiger partial charge on any atom is -0.481 e. The number of aliphatic carboxylic acids is 1. The highest BCUT2D eigenvalue weighted by molar-refractivity contribution is 5.79. The number of rotatable bonds is 4. The van der Waals surface area contributed by atoms with Gasteiger partial charge < -0.3 is 14.9 Å². The Morgan fingerprint density at radius 2 is 2.04 bits per heavy atom. The van der Waals surface area contributed by atoms with Crippen LogP contribution in [-0.4, -0.2) is 64.5 Å². The average molecular weight is 331 g/mol. The number of likely N-dealkylation sites (tertiary alicyclic amines) is 2. The van der Waals surface area contributed by atoms with Crippen LogP contribution in [0, 0.1) is 5.41 Å². The molecular formula is C18H25N3O3. The maximum Gasteiger partial charge on any atom is 0.311 e. The third-order valence-electron chi connectivity index (χ3n) is 5.68. The van der Waals surface area contributed by atoms with Crippen LogP contribution in [0.1, 0.15) is 31.2 Å². The number of hydrogen-bond donors (Lipinski definition) is 1. The lowest BCUT2D eigenvalue weighted by Crippen LogP contribution is -2.63. The normalized spacial score (nSPS) is 27.5. The van der Waals surface area contributed by atoms with E-state index in [2.05, 4.69) is 9.88 Å². The van der Waals surface area contributed by atoms with Crippen LogP contribution in [0.15, 0.2) is 24.5 Å². The topological polar surface area (TPSA) is 73.7 Å². The molecule has 3 rings (SSSR count). The third-order valence-corrected chi connectivity index (χ3v) is 5.68. The lowest BCUT2D eigenvalue weighted by Gasteiger charge is -2.51. The molecule has 24 heavy (non-hydrogen) atoms. The van der Waals surface area contributed by atoms with Crippen LogP contribution >= 0.6 is 0 Å². The zero-order valence-corrected chi connectivity index (χ0v) is 14.1. The molecule has 3 heterocycles. The number of carbonyl (C=O) groups is 2. The summed E-state index contributed by atoms with van der Waals surface area (Å²) >= 11 is 0. The van der Waals surface area contributed by atoms with Crippen molar-refractivity contribution in [3.05, 3.63) is 30.1 Å². The van der Waals surface area contributed by atoms with Gasteiger partial charge in [-0.1, -0.05) is 0 Å². The van der Waals surface area contributed by atoms with Crippen molar-refractivity contribution < 1.29 is 14.7 Å². The van der Waals surface area contributed by atoms with Crippen LogP contribution in [0.3, 0.4) is 0 Å². The van der Waals surface area contributed by atoms with Crippen molar-refractivity contribution in [2.24, 2.45) is 5.41 Å². The fourth-order valence-electron chi connectivity index (χ4n) is 4.17. The van der Waals surface area contributed by atoms with Crippen molar-refractivity contribution in [3.8, 4) is 0 Å². The Morgan fingerprint density at radius 1 is 1.29 bits per heavy atom. The van der Waals surface area contributed by atoms with Gasteiger partial charge in [-0.05, 0) is 57.0 Å². The second-order valence-electron chi connectivity index (χ2n) is 7.01. The smallest absolute Gasteiger partial charge is 0.311 e. The van der Waals surface area contributed by atoms with Gasteiger partial charge in [0, 0.05) is 37.9 Å². The van der Waals surface area contributed by atoms with Gasteiger partial charge in [0.2, 0.25) is 5.91 Å². The van der Waals surface area contributed by atoms with Crippen molar-refractivity contribution in [1.82, 2.24) is 14.8 Å². The van der Waals surface area contributed by atoms with E-state index < -0.39 is 11.4 Å². The molecule has 2 fully saturated rings. The summed E-state index contributed by atoms with van der Waals surface area (Å²) in [6, 6.07) is 3.77. The highest BCUT2D eigenvalue weighted by Crippen LogP contribution is 2.42. The van der Waals surface area contributed by atoms with Gasteiger partial charge >= 0.3 is 5.97 Å². The number of fused-ring (bicyclic) bond motifs is 1. The first-order chi connectivity index (χ1) is 11.5. The Kier molecular flexibility index (Phi) is 4.85. The number of carboxylic acids is 1. The number of nitrogens with zero attached hydrogens (tertiary/aromatic N) is 3. The maximum absolute atomic E-state index is 12.6. The zero-order chi connectivity index (χ0) is 17.2. The molecule has 1 aromatic rings. The third kappa shape index (κ3) is 3.15. The van der Waals surface area contributed by atoms with E-state index in [1.807, 2.05) is 24.1 Å². The fourth-order valence-corrected chi connectivity index (χ4v) is 4.17. The van der Waals surface area contributed by atoms with E-state index >= 15 is 0 Å². The summed E-state index contributed by atoms with van der Waals surface area (Å²) in [5.74, 6) is -0.590. The first-order valence-electron chi connectivity index (χ1n) is 8.63. The van der Waals surface area contributed by atoms with Gasteiger partial charge in [-0.15, -0.1) is 0 Å². The Balaban J connectivity index is 1.64. The molecule has 2 aliphatic heterocycles. The predicted octanol–water partition coefficient (Wildman–Crippen LogP) is 1.41. The van der Waals surface area contributed by atoms with Crippen molar-refractivity contribution in [2.45, 2.75) is 38.1 Å². The predicted molar refractivity (Wildman–Crippen MR) is 89.5 cm³/mol. The molecule has 0 spiro atoms. The number of likely N-dealkylation sites (N-methyl/N-ethyl adjacent to an activating group) is 1. The Labute approximate surface area is 142 Å². The number of carbonyl (C=O) groups excluding carboxylic acids is 1. The molecule has 2 saturated heterocycles. The summed E-state index contributed by atoms with van der Waals surface area (Å²) in [6.07, 6.45) is 6.81. The lowest BCUT2D eigenvalue weighted by atomic mass is 9.68. The number of amides is 1. The molecule has 6 heteroatoms. The number of carboxylic acid groups (broad SMARTS) is 1. The molecule has 6 nitrogen and oxygen atoms in total. The van der Waals surface area contributed by atoms with Gasteiger partial charge in [0.25, 0.3) is 0 Å². The van der Waals surface area contributed by atoms with Crippen LogP contribution in [0.4, 0.5) is 0 Å². The molecule has 0 aromatic carbocycles. The standard InChI is InChI=1S/C18H25N3O3/c1-20-11-2-7-18(17(23)24)8-12-21(13-15(18)20)16(22)4-3-14-5-9-19-10-6-14/h5-6,9-10,15H,2-4,7-8,11-13H2,1H3,(H,23,24)/t15-,18+/m1/s1. The zero-order valence-electron chi connectivity index (χ0n) is 14.1. The first-order valence-corrected chi connectivity index (χ1v) is 8.63. The molecule has 1 amide bonds. The monoisotopic (exact) mass is 331 g/mol. The van der Waals surface area contributed by atoms with E-state index in [4.69, 9.17) is 0 Å². The first kappa shape index (κ1) is 16.9. The Morgan fingerprint density at radius 3 is 2.75 bits per heavy atom. The molecule has 0 saturated carbocycles. The number of aromatic nitrogens is 1. The number of pyridine rings is 1. The summed E-state index contributed by atoms with van der Waals surface area (Å²) in [5, 5.41) is 9.78. The summed E-state index contributed by atoms with van der Waals surface area (Å²) in [7, 11) is 1.98. The lowest BCUT2D eigenvalue weighted by molar-refractivity contribution is -0.165. The highest BCUT2D eigenvalue weighted by Gasteiger charge is 2.52. The van der Waals surface area contributed by atoms with Gasteiger partial charge in [0.15, 0.2) is 0 Å². The SMILES string of the molecule is CN1CCC[C@]2(C(=O)O)CCN(C(=O)CCc3ccncc3)C[C@@H]12. The summed E-state index contributed by atoms with van der Waals surface area (Å²) in [5.41, 5.74) is 0.416. The van der Waals surface area contributed by atoms with E-state index in [-0.39, 0.29) is 11.9 Å². The van der Waals surface area contributed by atoms with Crippen molar-refractivity contribution >= 4 is 11.9 Å². The Hall–Kier alpha value is -1.95. The van der Waals surface area contributed by atoms with Crippen molar-refractivity contribution in [1.29, 1.82) is 0 Å². The Bertz CT molecular complexity index is 607. The molecule has 130 valence electrons. The minimum absolute atomic E-state index is 0.0811. The van der Waals surface area contributed by atoms with E-state index in [0.29, 0.717) is 32.4 Å². The second-order valence-corrected chi connectivity index (χ2v) is 7.01. The summed E-state index contributed by atoms with van der Waals surface area (Å²) in [4.78, 5) is 32.4. The number of piperidine rings is 2. The molecule has 1 N–H and O–H groups in total. The number of aryl methyl sites for hydroxylation is 1. The van der Waals surface area contributed by atoms with Crippen molar-refractivity contribution in [2.75, 3.05) is 26.7 Å².